The van der Waals surface area contributed by atoms with Gasteiger partial charge in [-0.1, -0.05) is 0 Å². The van der Waals surface area contributed by atoms with E-state index in [4.69, 9.17) is 9.84 Å². The predicted octanol–water partition coefficient (Wildman–Crippen LogP) is 0.893. The van der Waals surface area contributed by atoms with Crippen LogP contribution < -0.4 is 0 Å². The Labute approximate surface area is 83.1 Å². The van der Waals surface area contributed by atoms with Crippen LogP contribution in [0.3, 0.4) is 0 Å². The fourth-order valence-electron chi connectivity index (χ4n) is 1.34. The molecule has 0 saturated carbocycles. The van der Waals surface area contributed by atoms with Gasteiger partial charge in [0.15, 0.2) is 6.04 Å². The first-order valence-electron chi connectivity index (χ1n) is 4.61. The molecule has 1 rings (SSSR count). The van der Waals surface area contributed by atoms with Gasteiger partial charge in [-0.15, -0.1) is 0 Å². The van der Waals surface area contributed by atoms with Gasteiger partial charge in [0, 0.05) is 11.9 Å². The largest absolute Gasteiger partial charge is 0.464 e. The molecule has 1 heterocycles. The summed E-state index contributed by atoms with van der Waals surface area (Å²) in [6, 6.07) is 3.09. The van der Waals surface area contributed by atoms with E-state index in [1.54, 1.807) is 17.7 Å². The molecule has 0 aliphatic heterocycles. The fraction of sp³-hybridized carbons (Fsp3) is 0.500. The molecule has 0 unspecified atom stereocenters. The molecule has 0 radical (unpaired) electrons. The minimum atomic E-state index is -0.620. The summed E-state index contributed by atoms with van der Waals surface area (Å²) < 4.78 is 6.56. The first-order chi connectivity index (χ1) is 6.70. The lowest BCUT2D eigenvalue weighted by Gasteiger charge is -2.16. The van der Waals surface area contributed by atoms with Gasteiger partial charge in [-0.3, -0.25) is 0 Å². The van der Waals surface area contributed by atoms with Crippen molar-refractivity contribution in [3.05, 3.63) is 24.0 Å². The minimum Gasteiger partial charge on any atom is -0.464 e. The maximum atomic E-state index is 11.4. The van der Waals surface area contributed by atoms with Crippen molar-refractivity contribution in [2.24, 2.45) is 0 Å². The van der Waals surface area contributed by atoms with Gasteiger partial charge >= 0.3 is 5.97 Å². The molecular weight excluding hydrogens is 182 g/mol. The van der Waals surface area contributed by atoms with Gasteiger partial charge in [0.2, 0.25) is 0 Å². The zero-order valence-electron chi connectivity index (χ0n) is 8.43. The molecule has 1 aromatic rings. The molecule has 14 heavy (non-hydrogen) atoms. The zero-order valence-corrected chi connectivity index (χ0v) is 8.43. The maximum Gasteiger partial charge on any atom is 0.331 e. The molecule has 0 amide bonds. The number of nitrogens with zero attached hydrogens (tertiary/aromatic N) is 1. The molecule has 78 valence electrons. The Hall–Kier alpha value is -1.29. The van der Waals surface area contributed by atoms with Crippen LogP contribution in [0.25, 0.3) is 0 Å². The van der Waals surface area contributed by atoms with E-state index >= 15 is 0 Å². The molecule has 0 saturated heterocycles. The maximum absolute atomic E-state index is 11.4. The van der Waals surface area contributed by atoms with Crippen LogP contribution in [-0.4, -0.2) is 28.9 Å². The molecular formula is C10H15NO3. The smallest absolute Gasteiger partial charge is 0.331 e. The number of esters is 1. The number of carbonyl (C=O) groups excluding carboxylic acids is 1. The van der Waals surface area contributed by atoms with Gasteiger partial charge in [-0.2, -0.15) is 0 Å². The van der Waals surface area contributed by atoms with Crippen molar-refractivity contribution in [1.29, 1.82) is 0 Å². The zero-order chi connectivity index (χ0) is 10.6. The van der Waals surface area contributed by atoms with Crippen molar-refractivity contribution in [3.8, 4) is 0 Å². The highest BCUT2D eigenvalue weighted by atomic mass is 16.5. The Morgan fingerprint density at radius 3 is 2.86 bits per heavy atom. The van der Waals surface area contributed by atoms with Gasteiger partial charge in [0.05, 0.1) is 13.2 Å². The highest BCUT2D eigenvalue weighted by Crippen LogP contribution is 2.12. The van der Waals surface area contributed by atoms with Crippen LogP contribution in [0.15, 0.2) is 18.3 Å². The van der Waals surface area contributed by atoms with E-state index in [1.165, 1.54) is 0 Å². The summed E-state index contributed by atoms with van der Waals surface area (Å²) in [6.45, 7) is 3.71. The van der Waals surface area contributed by atoms with Crippen LogP contribution in [-0.2, 0) is 9.53 Å². The van der Waals surface area contributed by atoms with Crippen LogP contribution in [0.1, 0.15) is 18.7 Å². The number of hydrogen-bond donors (Lipinski definition) is 1. The summed E-state index contributed by atoms with van der Waals surface area (Å²) in [5.41, 5.74) is 0.928. The Morgan fingerprint density at radius 2 is 2.43 bits per heavy atom. The number of aromatic nitrogens is 1. The molecule has 4 nitrogen and oxygen atoms in total. The molecule has 0 aromatic carbocycles. The number of ether oxygens (including phenoxy) is 1. The molecule has 1 aromatic heterocycles. The van der Waals surface area contributed by atoms with Crippen LogP contribution in [0.4, 0.5) is 0 Å². The lowest BCUT2D eigenvalue weighted by atomic mass is 10.3. The lowest BCUT2D eigenvalue weighted by molar-refractivity contribution is -0.148. The van der Waals surface area contributed by atoms with E-state index in [1.807, 2.05) is 19.1 Å². The van der Waals surface area contributed by atoms with Crippen molar-refractivity contribution in [2.45, 2.75) is 19.9 Å². The molecule has 1 N–H and O–H groups in total. The van der Waals surface area contributed by atoms with Crippen molar-refractivity contribution >= 4 is 5.97 Å². The average Bonchev–Trinajstić information content (AvgIpc) is 2.54. The van der Waals surface area contributed by atoms with E-state index in [0.29, 0.717) is 6.61 Å². The fourth-order valence-corrected chi connectivity index (χ4v) is 1.34. The normalized spacial score (nSPS) is 12.5. The Morgan fingerprint density at radius 1 is 1.71 bits per heavy atom. The molecule has 1 atom stereocenters. The SMILES string of the molecule is CCOC(=O)[C@H](CO)n1cccc1C. The van der Waals surface area contributed by atoms with Crippen LogP contribution >= 0.6 is 0 Å². The molecule has 0 fully saturated rings. The van der Waals surface area contributed by atoms with E-state index in [2.05, 4.69) is 0 Å². The second kappa shape index (κ2) is 4.81. The Bertz CT molecular complexity index is 306. The van der Waals surface area contributed by atoms with Gasteiger partial charge in [0.25, 0.3) is 0 Å². The topological polar surface area (TPSA) is 51.5 Å². The number of hydrogen-bond acceptors (Lipinski definition) is 3. The number of aliphatic hydroxyl groups excluding tert-OH is 1. The average molecular weight is 197 g/mol. The quantitative estimate of drug-likeness (QED) is 0.729. The third-order valence-electron chi connectivity index (χ3n) is 2.06. The van der Waals surface area contributed by atoms with E-state index in [9.17, 15) is 4.79 Å². The van der Waals surface area contributed by atoms with Gasteiger partial charge < -0.3 is 14.4 Å². The highest BCUT2D eigenvalue weighted by Gasteiger charge is 2.20. The summed E-state index contributed by atoms with van der Waals surface area (Å²) in [4.78, 5) is 11.4. The number of rotatable bonds is 4. The molecule has 0 aliphatic carbocycles. The first-order valence-corrected chi connectivity index (χ1v) is 4.61. The third kappa shape index (κ3) is 2.14. The molecule has 0 bridgehead atoms. The van der Waals surface area contributed by atoms with Crippen molar-refractivity contribution < 1.29 is 14.6 Å². The first kappa shape index (κ1) is 10.8. The summed E-state index contributed by atoms with van der Waals surface area (Å²) in [7, 11) is 0. The monoisotopic (exact) mass is 197 g/mol. The highest BCUT2D eigenvalue weighted by molar-refractivity contribution is 5.74. The van der Waals surface area contributed by atoms with E-state index < -0.39 is 12.0 Å². The van der Waals surface area contributed by atoms with E-state index in [0.717, 1.165) is 5.69 Å². The summed E-state index contributed by atoms with van der Waals surface area (Å²) in [5.74, 6) is -0.394. The Balaban J connectivity index is 2.82. The van der Waals surface area contributed by atoms with Crippen molar-refractivity contribution in [3.63, 3.8) is 0 Å². The second-order valence-electron chi connectivity index (χ2n) is 3.01. The number of carbonyl (C=O) groups is 1. The lowest BCUT2D eigenvalue weighted by Crippen LogP contribution is -2.25. The van der Waals surface area contributed by atoms with Crippen LogP contribution in [0.5, 0.6) is 0 Å². The van der Waals surface area contributed by atoms with Gasteiger partial charge in [0.1, 0.15) is 0 Å². The standard InChI is InChI=1S/C10H15NO3/c1-3-14-10(13)9(7-12)11-6-4-5-8(11)2/h4-6,9,12H,3,7H2,1-2H3/t9-/m0/s1. The number of aryl methyl sites for hydroxylation is 1. The molecule has 0 spiro atoms. The summed E-state index contributed by atoms with van der Waals surface area (Å²) in [5, 5.41) is 9.10. The van der Waals surface area contributed by atoms with Crippen molar-refractivity contribution in [1.82, 2.24) is 4.57 Å². The summed E-state index contributed by atoms with van der Waals surface area (Å²) >= 11 is 0. The van der Waals surface area contributed by atoms with Gasteiger partial charge in [-0.25, -0.2) is 4.79 Å². The molecule has 4 heteroatoms. The van der Waals surface area contributed by atoms with Crippen LogP contribution in [0.2, 0.25) is 0 Å². The predicted molar refractivity (Wildman–Crippen MR) is 51.9 cm³/mol. The Kier molecular flexibility index (Phi) is 3.71. The van der Waals surface area contributed by atoms with E-state index in [-0.39, 0.29) is 6.61 Å². The van der Waals surface area contributed by atoms with Crippen LogP contribution in [0, 0.1) is 6.92 Å². The van der Waals surface area contributed by atoms with Crippen molar-refractivity contribution in [2.75, 3.05) is 13.2 Å². The number of aliphatic hydroxyl groups is 1. The minimum absolute atomic E-state index is 0.242. The molecule has 0 aliphatic rings. The van der Waals surface area contributed by atoms with Gasteiger partial charge in [-0.05, 0) is 26.0 Å². The second-order valence-corrected chi connectivity index (χ2v) is 3.01. The third-order valence-corrected chi connectivity index (χ3v) is 2.06. The summed E-state index contributed by atoms with van der Waals surface area (Å²) in [6.07, 6.45) is 1.76.